The molecule has 0 spiro atoms. The van der Waals surface area contributed by atoms with Crippen molar-refractivity contribution in [3.8, 4) is 5.69 Å². The molecule has 0 aliphatic rings. The van der Waals surface area contributed by atoms with Crippen LogP contribution in [0.5, 0.6) is 0 Å². The van der Waals surface area contributed by atoms with Crippen molar-refractivity contribution in [2.45, 2.75) is 0 Å². The molecule has 0 aliphatic heterocycles. The molecule has 0 radical (unpaired) electrons. The van der Waals surface area contributed by atoms with Gasteiger partial charge in [0.1, 0.15) is 5.69 Å². The molecule has 1 aromatic carbocycles. The highest BCUT2D eigenvalue weighted by Gasteiger charge is 2.19. The summed E-state index contributed by atoms with van der Waals surface area (Å²) >= 11 is 0. The van der Waals surface area contributed by atoms with E-state index in [1.54, 1.807) is 26.4 Å². The third-order valence-electron chi connectivity index (χ3n) is 2.58. The van der Waals surface area contributed by atoms with Gasteiger partial charge in [0.25, 0.3) is 11.6 Å². The molecule has 98 valence electrons. The number of hydrogen-bond acceptors (Lipinski definition) is 4. The Hall–Kier alpha value is -2.70. The van der Waals surface area contributed by atoms with Crippen molar-refractivity contribution in [3.05, 3.63) is 52.3 Å². The minimum atomic E-state index is -0.499. The van der Waals surface area contributed by atoms with Gasteiger partial charge in [-0.1, -0.05) is 0 Å². The number of nitrogens with zero attached hydrogens (tertiary/aromatic N) is 4. The largest absolute Gasteiger partial charge is 0.345 e. The van der Waals surface area contributed by atoms with E-state index in [1.165, 1.54) is 34.0 Å². The summed E-state index contributed by atoms with van der Waals surface area (Å²) in [4.78, 5) is 23.8. The van der Waals surface area contributed by atoms with Crippen LogP contribution in [0.3, 0.4) is 0 Å². The van der Waals surface area contributed by atoms with E-state index in [9.17, 15) is 14.9 Å². The summed E-state index contributed by atoms with van der Waals surface area (Å²) in [6, 6.07) is 5.87. The van der Waals surface area contributed by atoms with Crippen molar-refractivity contribution in [2.75, 3.05) is 14.1 Å². The average molecular weight is 260 g/mol. The lowest BCUT2D eigenvalue weighted by molar-refractivity contribution is -0.384. The van der Waals surface area contributed by atoms with Crippen molar-refractivity contribution < 1.29 is 9.72 Å². The average Bonchev–Trinajstić information content (AvgIpc) is 2.90. The first-order valence-corrected chi connectivity index (χ1v) is 5.51. The van der Waals surface area contributed by atoms with Crippen molar-refractivity contribution in [1.29, 1.82) is 0 Å². The summed E-state index contributed by atoms with van der Waals surface area (Å²) in [5.41, 5.74) is 0.544. The Morgan fingerprint density at radius 2 is 2.16 bits per heavy atom. The van der Waals surface area contributed by atoms with Gasteiger partial charge in [0.05, 0.1) is 4.92 Å². The highest BCUT2D eigenvalue weighted by Crippen LogP contribution is 2.23. The van der Waals surface area contributed by atoms with Gasteiger partial charge in [-0.25, -0.2) is 4.68 Å². The van der Waals surface area contributed by atoms with Gasteiger partial charge in [0.2, 0.25) is 0 Å². The minimum absolute atomic E-state index is 0.0981. The van der Waals surface area contributed by atoms with Gasteiger partial charge in [0.15, 0.2) is 0 Å². The van der Waals surface area contributed by atoms with Crippen LogP contribution in [0.15, 0.2) is 36.7 Å². The van der Waals surface area contributed by atoms with Crippen LogP contribution in [0, 0.1) is 10.1 Å². The number of carbonyl (C=O) groups excluding carboxylic acids is 1. The molecule has 19 heavy (non-hydrogen) atoms. The van der Waals surface area contributed by atoms with Crippen molar-refractivity contribution in [3.63, 3.8) is 0 Å². The van der Waals surface area contributed by atoms with Gasteiger partial charge < -0.3 is 4.90 Å². The van der Waals surface area contributed by atoms with Gasteiger partial charge in [-0.15, -0.1) is 0 Å². The number of amides is 1. The highest BCUT2D eigenvalue weighted by atomic mass is 16.6. The van der Waals surface area contributed by atoms with Gasteiger partial charge >= 0.3 is 0 Å². The Balaban J connectivity index is 2.57. The molecule has 0 aliphatic carbocycles. The van der Waals surface area contributed by atoms with Crippen LogP contribution < -0.4 is 0 Å². The molecular formula is C12H12N4O3. The standard InChI is InChI=1S/C12H12N4O3/c1-14(2)12(17)9-4-5-10(16(18)19)11(8-9)15-7-3-6-13-15/h3-8H,1-2H3. The van der Waals surface area contributed by atoms with Gasteiger partial charge in [-0.3, -0.25) is 14.9 Å². The van der Waals surface area contributed by atoms with Crippen molar-refractivity contribution >= 4 is 11.6 Å². The lowest BCUT2D eigenvalue weighted by atomic mass is 10.1. The topological polar surface area (TPSA) is 81.3 Å². The molecule has 0 fully saturated rings. The molecule has 1 amide bonds. The predicted octanol–water partition coefficient (Wildman–Crippen LogP) is 1.48. The van der Waals surface area contributed by atoms with Crippen LogP contribution in [0.2, 0.25) is 0 Å². The number of nitro benzene ring substituents is 1. The summed E-state index contributed by atoms with van der Waals surface area (Å²) in [5.74, 6) is -0.219. The predicted molar refractivity (Wildman–Crippen MR) is 68.2 cm³/mol. The number of rotatable bonds is 3. The molecule has 1 aromatic heterocycles. The number of aromatic nitrogens is 2. The first-order chi connectivity index (χ1) is 9.00. The lowest BCUT2D eigenvalue weighted by Gasteiger charge is -2.11. The molecule has 7 heteroatoms. The molecule has 0 bridgehead atoms. The molecular weight excluding hydrogens is 248 g/mol. The fraction of sp³-hybridized carbons (Fsp3) is 0.167. The van der Waals surface area contributed by atoms with Crippen LogP contribution >= 0.6 is 0 Å². The second kappa shape index (κ2) is 4.89. The monoisotopic (exact) mass is 260 g/mol. The summed E-state index contributed by atoms with van der Waals surface area (Å²) in [7, 11) is 3.24. The van der Waals surface area contributed by atoms with Gasteiger partial charge in [-0.2, -0.15) is 5.10 Å². The maximum absolute atomic E-state index is 11.9. The van der Waals surface area contributed by atoms with Crippen LogP contribution in [0.1, 0.15) is 10.4 Å². The third-order valence-corrected chi connectivity index (χ3v) is 2.58. The van der Waals surface area contributed by atoms with E-state index in [-0.39, 0.29) is 17.3 Å². The first kappa shape index (κ1) is 12.7. The van der Waals surface area contributed by atoms with Crippen LogP contribution in [-0.4, -0.2) is 39.6 Å². The summed E-state index contributed by atoms with van der Waals surface area (Å²) < 4.78 is 1.37. The van der Waals surface area contributed by atoms with E-state index < -0.39 is 4.92 Å². The second-order valence-electron chi connectivity index (χ2n) is 4.11. The quantitative estimate of drug-likeness (QED) is 0.618. The number of benzene rings is 1. The third kappa shape index (κ3) is 2.44. The zero-order chi connectivity index (χ0) is 14.0. The fourth-order valence-electron chi connectivity index (χ4n) is 1.66. The van der Waals surface area contributed by atoms with E-state index >= 15 is 0 Å². The Kier molecular flexibility index (Phi) is 3.28. The fourth-order valence-corrected chi connectivity index (χ4v) is 1.66. The van der Waals surface area contributed by atoms with E-state index in [2.05, 4.69) is 5.10 Å². The van der Waals surface area contributed by atoms with Crippen LogP contribution in [0.25, 0.3) is 5.69 Å². The molecule has 1 heterocycles. The van der Waals surface area contributed by atoms with Gasteiger partial charge in [-0.05, 0) is 18.2 Å². The summed E-state index contributed by atoms with van der Waals surface area (Å²) in [5, 5.41) is 15.0. The number of nitro groups is 1. The molecule has 7 nitrogen and oxygen atoms in total. The molecule has 2 rings (SSSR count). The lowest BCUT2D eigenvalue weighted by Crippen LogP contribution is -2.22. The molecule has 0 atom stereocenters. The van der Waals surface area contributed by atoms with Gasteiger partial charge in [0, 0.05) is 38.1 Å². The number of hydrogen-bond donors (Lipinski definition) is 0. The highest BCUT2D eigenvalue weighted by molar-refractivity contribution is 5.95. The van der Waals surface area contributed by atoms with E-state index in [1.807, 2.05) is 0 Å². The number of carbonyl (C=O) groups is 1. The van der Waals surface area contributed by atoms with Crippen molar-refractivity contribution in [2.24, 2.45) is 0 Å². The normalized spacial score (nSPS) is 10.2. The maximum atomic E-state index is 11.9. The second-order valence-corrected chi connectivity index (χ2v) is 4.11. The summed E-state index contributed by atoms with van der Waals surface area (Å²) in [6.07, 6.45) is 3.11. The van der Waals surface area contributed by atoms with E-state index in [0.29, 0.717) is 5.56 Å². The molecule has 0 saturated heterocycles. The molecule has 0 saturated carbocycles. The Morgan fingerprint density at radius 1 is 1.42 bits per heavy atom. The SMILES string of the molecule is CN(C)C(=O)c1ccc([N+](=O)[O-])c(-n2cccn2)c1. The Labute approximate surface area is 109 Å². The van der Waals surface area contributed by atoms with E-state index in [4.69, 9.17) is 0 Å². The Bertz CT molecular complexity index is 620. The molecule has 0 unspecified atom stereocenters. The Morgan fingerprint density at radius 3 is 2.68 bits per heavy atom. The summed E-state index contributed by atoms with van der Waals surface area (Å²) in [6.45, 7) is 0. The van der Waals surface area contributed by atoms with Crippen LogP contribution in [-0.2, 0) is 0 Å². The zero-order valence-corrected chi connectivity index (χ0v) is 10.5. The smallest absolute Gasteiger partial charge is 0.294 e. The maximum Gasteiger partial charge on any atom is 0.294 e. The zero-order valence-electron chi connectivity index (χ0n) is 10.5. The van der Waals surface area contributed by atoms with Crippen LogP contribution in [0.4, 0.5) is 5.69 Å². The molecule has 0 N–H and O–H groups in total. The minimum Gasteiger partial charge on any atom is -0.345 e. The first-order valence-electron chi connectivity index (χ1n) is 5.51. The van der Waals surface area contributed by atoms with E-state index in [0.717, 1.165) is 0 Å². The van der Waals surface area contributed by atoms with Crippen molar-refractivity contribution in [1.82, 2.24) is 14.7 Å². The molecule has 2 aromatic rings.